The minimum absolute atomic E-state index is 0.0499. The lowest BCUT2D eigenvalue weighted by Gasteiger charge is -2.02. The third-order valence-corrected chi connectivity index (χ3v) is 1.27. The fourth-order valence-corrected chi connectivity index (χ4v) is 0.743. The number of nitriles is 1. The van der Waals surface area contributed by atoms with Crippen LogP contribution in [0.1, 0.15) is 0 Å². The molecule has 0 aliphatic rings. The molecular weight excluding hydrogens is 168 g/mol. The second-order valence-corrected chi connectivity index (χ2v) is 2.21. The first-order valence-corrected chi connectivity index (χ1v) is 3.70. The van der Waals surface area contributed by atoms with Crippen LogP contribution in [-0.4, -0.2) is 12.6 Å². The van der Waals surface area contributed by atoms with E-state index in [0.29, 0.717) is 5.75 Å². The van der Waals surface area contributed by atoms with Crippen LogP contribution in [-0.2, 0) is 0 Å². The molecule has 1 amide bonds. The molecule has 0 bridgehead atoms. The molecule has 4 nitrogen and oxygen atoms in total. The fraction of sp³-hybridized carbons (Fsp3) is 0.111. The predicted molar refractivity (Wildman–Crippen MR) is 46.1 cm³/mol. The van der Waals surface area contributed by atoms with E-state index in [4.69, 9.17) is 10.00 Å². The highest BCUT2D eigenvalue weighted by Crippen LogP contribution is 2.07. The van der Waals surface area contributed by atoms with Gasteiger partial charge in [0, 0.05) is 0 Å². The van der Waals surface area contributed by atoms with Crippen molar-refractivity contribution in [2.75, 3.05) is 6.54 Å². The molecule has 0 unspecified atom stereocenters. The number of nitrogens with one attached hydrogen (secondary N) is 1. The van der Waals surface area contributed by atoms with Crippen LogP contribution in [0.25, 0.3) is 0 Å². The molecule has 1 aromatic carbocycles. The average Bonchev–Trinajstić information content (AvgIpc) is 2.16. The Bertz CT molecular complexity index is 316. The minimum atomic E-state index is -0.618. The van der Waals surface area contributed by atoms with E-state index < -0.39 is 6.09 Å². The van der Waals surface area contributed by atoms with Gasteiger partial charge in [-0.1, -0.05) is 18.2 Å². The maximum absolute atomic E-state index is 10.9. The van der Waals surface area contributed by atoms with Crippen LogP contribution in [0.4, 0.5) is 4.79 Å². The summed E-state index contributed by atoms with van der Waals surface area (Å²) in [5.41, 5.74) is 0. The summed E-state index contributed by atoms with van der Waals surface area (Å²) in [5.74, 6) is 0.456. The van der Waals surface area contributed by atoms with Crippen molar-refractivity contribution in [3.8, 4) is 11.8 Å². The zero-order valence-electron chi connectivity index (χ0n) is 6.86. The van der Waals surface area contributed by atoms with Crippen molar-refractivity contribution >= 4 is 6.09 Å². The van der Waals surface area contributed by atoms with Crippen molar-refractivity contribution in [1.29, 1.82) is 5.26 Å². The predicted octanol–water partition coefficient (Wildman–Crippen LogP) is 1.30. The van der Waals surface area contributed by atoms with Crippen molar-refractivity contribution in [3.63, 3.8) is 0 Å². The lowest BCUT2D eigenvalue weighted by molar-refractivity contribution is 0.202. The first kappa shape index (κ1) is 9.07. The molecule has 0 heterocycles. The summed E-state index contributed by atoms with van der Waals surface area (Å²) in [7, 11) is 0. The van der Waals surface area contributed by atoms with Crippen LogP contribution < -0.4 is 10.1 Å². The Morgan fingerprint density at radius 2 is 2.15 bits per heavy atom. The Kier molecular flexibility index (Phi) is 3.33. The highest BCUT2D eigenvalue weighted by molar-refractivity contribution is 5.70. The van der Waals surface area contributed by atoms with E-state index in [-0.39, 0.29) is 6.54 Å². The molecular formula is C9H8N2O2. The van der Waals surface area contributed by atoms with Gasteiger partial charge >= 0.3 is 6.09 Å². The van der Waals surface area contributed by atoms with Gasteiger partial charge in [0.15, 0.2) is 0 Å². The second kappa shape index (κ2) is 4.78. The van der Waals surface area contributed by atoms with Gasteiger partial charge in [-0.15, -0.1) is 0 Å². The number of benzene rings is 1. The highest BCUT2D eigenvalue weighted by atomic mass is 16.5. The molecule has 66 valence electrons. The Hall–Kier alpha value is -2.02. The quantitative estimate of drug-likeness (QED) is 0.691. The molecule has 4 heteroatoms. The number of nitrogens with zero attached hydrogens (tertiary/aromatic N) is 1. The highest BCUT2D eigenvalue weighted by Gasteiger charge is 2.00. The third-order valence-electron chi connectivity index (χ3n) is 1.27. The third kappa shape index (κ3) is 3.25. The summed E-state index contributed by atoms with van der Waals surface area (Å²) < 4.78 is 4.82. The number of carbonyl (C=O) groups excluding carboxylic acids is 1. The van der Waals surface area contributed by atoms with Crippen molar-refractivity contribution in [3.05, 3.63) is 30.3 Å². The number of rotatable bonds is 2. The fourth-order valence-electron chi connectivity index (χ4n) is 0.743. The van der Waals surface area contributed by atoms with Gasteiger partial charge in [-0.25, -0.2) is 4.79 Å². The number of ether oxygens (including phenoxy) is 1. The van der Waals surface area contributed by atoms with Gasteiger partial charge in [-0.2, -0.15) is 5.26 Å². The zero-order chi connectivity index (χ0) is 9.52. The van der Waals surface area contributed by atoms with Gasteiger partial charge in [0.05, 0.1) is 6.07 Å². The van der Waals surface area contributed by atoms with E-state index >= 15 is 0 Å². The van der Waals surface area contributed by atoms with E-state index in [2.05, 4.69) is 5.32 Å². The van der Waals surface area contributed by atoms with Crippen molar-refractivity contribution in [1.82, 2.24) is 5.32 Å². The minimum Gasteiger partial charge on any atom is -0.410 e. The van der Waals surface area contributed by atoms with E-state index in [1.54, 1.807) is 30.3 Å². The Labute approximate surface area is 75.7 Å². The number of hydrogen-bond donors (Lipinski definition) is 1. The van der Waals surface area contributed by atoms with E-state index in [0.717, 1.165) is 0 Å². The average molecular weight is 176 g/mol. The van der Waals surface area contributed by atoms with Crippen molar-refractivity contribution < 1.29 is 9.53 Å². The van der Waals surface area contributed by atoms with Gasteiger partial charge in [-0.05, 0) is 12.1 Å². The van der Waals surface area contributed by atoms with Gasteiger partial charge in [0.25, 0.3) is 0 Å². The monoisotopic (exact) mass is 176 g/mol. The molecule has 13 heavy (non-hydrogen) atoms. The standard InChI is InChI=1S/C9H8N2O2/c10-6-7-11-9(12)13-8-4-2-1-3-5-8/h1-5H,7H2,(H,11,12). The van der Waals surface area contributed by atoms with Crippen LogP contribution in [0, 0.1) is 11.3 Å². The lowest BCUT2D eigenvalue weighted by atomic mass is 10.3. The molecule has 0 spiro atoms. The molecule has 0 saturated carbocycles. The maximum atomic E-state index is 10.9. The molecule has 0 aliphatic heterocycles. The molecule has 0 fully saturated rings. The lowest BCUT2D eigenvalue weighted by Crippen LogP contribution is -2.26. The van der Waals surface area contributed by atoms with Crippen LogP contribution in [0.3, 0.4) is 0 Å². The summed E-state index contributed by atoms with van der Waals surface area (Å²) in [6.07, 6.45) is -0.618. The Balaban J connectivity index is 2.42. The number of hydrogen-bond acceptors (Lipinski definition) is 3. The SMILES string of the molecule is N#CCNC(=O)Oc1ccccc1. The van der Waals surface area contributed by atoms with Gasteiger partial charge in [0.1, 0.15) is 12.3 Å². The molecule has 0 atom stereocenters. The van der Waals surface area contributed by atoms with E-state index in [1.807, 2.05) is 6.07 Å². The number of para-hydroxylation sites is 1. The molecule has 0 aliphatic carbocycles. The summed E-state index contributed by atoms with van der Waals surface area (Å²) in [4.78, 5) is 10.9. The van der Waals surface area contributed by atoms with Crippen molar-refractivity contribution in [2.24, 2.45) is 0 Å². The van der Waals surface area contributed by atoms with Gasteiger partial charge in [-0.3, -0.25) is 0 Å². The first-order chi connectivity index (χ1) is 6.33. The maximum Gasteiger partial charge on any atom is 0.413 e. The molecule has 1 rings (SSSR count). The molecule has 0 saturated heterocycles. The van der Waals surface area contributed by atoms with Crippen LogP contribution >= 0.6 is 0 Å². The molecule has 1 N–H and O–H groups in total. The normalized spacial score (nSPS) is 8.54. The molecule has 1 aromatic rings. The van der Waals surface area contributed by atoms with Gasteiger partial charge in [0.2, 0.25) is 0 Å². The smallest absolute Gasteiger partial charge is 0.410 e. The number of amides is 1. The van der Waals surface area contributed by atoms with Crippen LogP contribution in [0.15, 0.2) is 30.3 Å². The summed E-state index contributed by atoms with van der Waals surface area (Å²) >= 11 is 0. The topological polar surface area (TPSA) is 62.1 Å². The van der Waals surface area contributed by atoms with E-state index in [9.17, 15) is 4.79 Å². The first-order valence-electron chi connectivity index (χ1n) is 3.70. The Morgan fingerprint density at radius 3 is 2.77 bits per heavy atom. The van der Waals surface area contributed by atoms with Gasteiger partial charge < -0.3 is 10.1 Å². The largest absolute Gasteiger partial charge is 0.413 e. The molecule has 0 radical (unpaired) electrons. The second-order valence-electron chi connectivity index (χ2n) is 2.21. The van der Waals surface area contributed by atoms with Crippen LogP contribution in [0.5, 0.6) is 5.75 Å². The summed E-state index contributed by atoms with van der Waals surface area (Å²) in [6, 6.07) is 10.4. The van der Waals surface area contributed by atoms with E-state index in [1.165, 1.54) is 0 Å². The van der Waals surface area contributed by atoms with Crippen molar-refractivity contribution in [2.45, 2.75) is 0 Å². The van der Waals surface area contributed by atoms with Crippen LogP contribution in [0.2, 0.25) is 0 Å². The molecule has 0 aromatic heterocycles. The number of carbonyl (C=O) groups is 1. The summed E-state index contributed by atoms with van der Waals surface area (Å²) in [5, 5.41) is 10.4. The Morgan fingerprint density at radius 1 is 1.46 bits per heavy atom. The summed E-state index contributed by atoms with van der Waals surface area (Å²) in [6.45, 7) is -0.0499. The zero-order valence-corrected chi connectivity index (χ0v) is 6.86.